The zero-order chi connectivity index (χ0) is 11.4. The number of rotatable bonds is 5. The Morgan fingerprint density at radius 1 is 1.40 bits per heavy atom. The molecule has 15 heavy (non-hydrogen) atoms. The van der Waals surface area contributed by atoms with Crippen molar-refractivity contribution in [2.24, 2.45) is 0 Å². The summed E-state index contributed by atoms with van der Waals surface area (Å²) in [6.45, 7) is 5.99. The maximum Gasteiger partial charge on any atom is 0.109 e. The highest BCUT2D eigenvalue weighted by molar-refractivity contribution is 6.20. The summed E-state index contributed by atoms with van der Waals surface area (Å²) in [5.74, 6) is 0. The fourth-order valence-electron chi connectivity index (χ4n) is 1.92. The Bertz CT molecular complexity index is 321. The molecule has 4 heteroatoms. The van der Waals surface area contributed by atoms with Crippen molar-refractivity contribution >= 4 is 11.6 Å². The lowest BCUT2D eigenvalue weighted by atomic mass is 10.1. The van der Waals surface area contributed by atoms with E-state index in [0.717, 1.165) is 29.8 Å². The molecule has 2 nitrogen and oxygen atoms in total. The second-order valence-electron chi connectivity index (χ2n) is 3.54. The molecule has 1 aromatic heterocycles. The first kappa shape index (κ1) is 12.5. The molecule has 1 rings (SSSR count). The highest BCUT2D eigenvalue weighted by Gasteiger charge is 2.18. The molecular weight excluding hydrogens is 215 g/mol. The highest BCUT2D eigenvalue weighted by Crippen LogP contribution is 2.28. The highest BCUT2D eigenvalue weighted by atomic mass is 35.5. The van der Waals surface area contributed by atoms with E-state index < -0.39 is 0 Å². The molecular formula is C11H18ClFN2. The van der Waals surface area contributed by atoms with Crippen LogP contribution in [0.2, 0.25) is 0 Å². The van der Waals surface area contributed by atoms with Crippen LogP contribution in [0.4, 0.5) is 4.39 Å². The lowest BCUT2D eigenvalue weighted by Crippen LogP contribution is -2.06. The summed E-state index contributed by atoms with van der Waals surface area (Å²) in [5.41, 5.74) is 3.17. The largest absolute Gasteiger partial charge is 0.266 e. The molecule has 0 aliphatic rings. The van der Waals surface area contributed by atoms with Crippen molar-refractivity contribution in [2.45, 2.75) is 45.5 Å². The van der Waals surface area contributed by atoms with Gasteiger partial charge in [0.1, 0.15) is 6.67 Å². The van der Waals surface area contributed by atoms with E-state index in [-0.39, 0.29) is 12.1 Å². The van der Waals surface area contributed by atoms with Crippen LogP contribution in [0.25, 0.3) is 0 Å². The number of aryl methyl sites for hydroxylation is 2. The van der Waals surface area contributed by atoms with Crippen LogP contribution in [-0.4, -0.2) is 16.5 Å². The number of halogens is 2. The van der Waals surface area contributed by atoms with Gasteiger partial charge in [-0.1, -0.05) is 13.8 Å². The van der Waals surface area contributed by atoms with Gasteiger partial charge in [0.15, 0.2) is 0 Å². The Labute approximate surface area is 95.4 Å². The minimum absolute atomic E-state index is 0.0525. The van der Waals surface area contributed by atoms with Crippen LogP contribution in [0.5, 0.6) is 0 Å². The molecule has 0 saturated heterocycles. The van der Waals surface area contributed by atoms with Gasteiger partial charge in [0.05, 0.1) is 17.6 Å². The minimum atomic E-state index is -0.381. The number of nitrogens with zero attached hydrogens (tertiary/aromatic N) is 2. The summed E-state index contributed by atoms with van der Waals surface area (Å²) in [4.78, 5) is 0. The number of alkyl halides is 2. The zero-order valence-corrected chi connectivity index (χ0v) is 10.3. The summed E-state index contributed by atoms with van der Waals surface area (Å²) in [6, 6.07) is 0. The molecule has 0 fully saturated rings. The fraction of sp³-hybridized carbons (Fsp3) is 0.727. The lowest BCUT2D eigenvalue weighted by molar-refractivity contribution is 0.419. The molecule has 1 unspecified atom stereocenters. The lowest BCUT2D eigenvalue weighted by Gasteiger charge is -2.07. The molecule has 0 aromatic carbocycles. The van der Waals surface area contributed by atoms with E-state index in [1.165, 1.54) is 0 Å². The normalized spacial score (nSPS) is 13.1. The minimum Gasteiger partial charge on any atom is -0.266 e. The van der Waals surface area contributed by atoms with Gasteiger partial charge in [0.2, 0.25) is 0 Å². The van der Waals surface area contributed by atoms with Crippen molar-refractivity contribution in [3.63, 3.8) is 0 Å². The molecule has 0 amide bonds. The van der Waals surface area contributed by atoms with E-state index in [1.807, 2.05) is 20.8 Å². The molecule has 0 aliphatic heterocycles. The van der Waals surface area contributed by atoms with E-state index in [0.29, 0.717) is 6.54 Å². The standard InChI is InChI=1S/C11H18ClFN2/c1-4-9-11(8(3)12)10(5-2)15(14-9)7-6-13/h8H,4-7H2,1-3H3. The second kappa shape index (κ2) is 5.50. The smallest absolute Gasteiger partial charge is 0.109 e. The number of aromatic nitrogens is 2. The van der Waals surface area contributed by atoms with Crippen LogP contribution >= 0.6 is 11.6 Å². The van der Waals surface area contributed by atoms with Gasteiger partial charge in [-0.05, 0) is 19.8 Å². The van der Waals surface area contributed by atoms with Crippen LogP contribution in [0, 0.1) is 0 Å². The van der Waals surface area contributed by atoms with Crippen molar-refractivity contribution in [3.8, 4) is 0 Å². The molecule has 0 aliphatic carbocycles. The van der Waals surface area contributed by atoms with Crippen molar-refractivity contribution in [1.82, 2.24) is 9.78 Å². The topological polar surface area (TPSA) is 17.8 Å². The van der Waals surface area contributed by atoms with Gasteiger partial charge < -0.3 is 0 Å². The molecule has 0 spiro atoms. The van der Waals surface area contributed by atoms with E-state index in [1.54, 1.807) is 4.68 Å². The average molecular weight is 233 g/mol. The average Bonchev–Trinajstić information content (AvgIpc) is 2.56. The molecule has 1 heterocycles. The van der Waals surface area contributed by atoms with Crippen LogP contribution in [-0.2, 0) is 19.4 Å². The maximum absolute atomic E-state index is 12.3. The molecule has 1 atom stereocenters. The summed E-state index contributed by atoms with van der Waals surface area (Å²) in [6.07, 6.45) is 1.69. The Morgan fingerprint density at radius 2 is 2.07 bits per heavy atom. The Kier molecular flexibility index (Phi) is 4.58. The molecule has 0 bridgehead atoms. The summed E-state index contributed by atoms with van der Waals surface area (Å²) < 4.78 is 14.1. The third-order valence-corrected chi connectivity index (χ3v) is 2.76. The van der Waals surface area contributed by atoms with Gasteiger partial charge in [0.25, 0.3) is 0 Å². The van der Waals surface area contributed by atoms with Crippen LogP contribution in [0.3, 0.4) is 0 Å². The van der Waals surface area contributed by atoms with Crippen LogP contribution < -0.4 is 0 Å². The fourth-order valence-corrected chi connectivity index (χ4v) is 2.18. The van der Waals surface area contributed by atoms with Crippen molar-refractivity contribution in [1.29, 1.82) is 0 Å². The predicted molar refractivity (Wildman–Crippen MR) is 61.2 cm³/mol. The SMILES string of the molecule is CCc1nn(CCF)c(CC)c1C(C)Cl. The first-order chi connectivity index (χ1) is 7.15. The first-order valence-corrected chi connectivity index (χ1v) is 5.87. The monoisotopic (exact) mass is 232 g/mol. The Morgan fingerprint density at radius 3 is 2.47 bits per heavy atom. The molecule has 1 aromatic rings. The van der Waals surface area contributed by atoms with E-state index in [9.17, 15) is 4.39 Å². The quantitative estimate of drug-likeness (QED) is 0.713. The van der Waals surface area contributed by atoms with Crippen molar-refractivity contribution in [2.75, 3.05) is 6.67 Å². The number of hydrogen-bond acceptors (Lipinski definition) is 1. The molecule has 0 N–H and O–H groups in total. The first-order valence-electron chi connectivity index (χ1n) is 5.44. The maximum atomic E-state index is 12.3. The summed E-state index contributed by atoms with van der Waals surface area (Å²) in [5, 5.41) is 4.35. The van der Waals surface area contributed by atoms with Crippen molar-refractivity contribution < 1.29 is 4.39 Å². The van der Waals surface area contributed by atoms with E-state index >= 15 is 0 Å². The van der Waals surface area contributed by atoms with E-state index in [2.05, 4.69) is 5.10 Å². The number of hydrogen-bond donors (Lipinski definition) is 0. The zero-order valence-electron chi connectivity index (χ0n) is 9.56. The van der Waals surface area contributed by atoms with Gasteiger partial charge in [-0.15, -0.1) is 11.6 Å². The molecule has 0 radical (unpaired) electrons. The summed E-state index contributed by atoms with van der Waals surface area (Å²) in [7, 11) is 0. The van der Waals surface area contributed by atoms with Gasteiger partial charge in [0, 0.05) is 11.3 Å². The molecule has 0 saturated carbocycles. The third kappa shape index (κ3) is 2.51. The van der Waals surface area contributed by atoms with Gasteiger partial charge in [-0.3, -0.25) is 4.68 Å². The Hall–Kier alpha value is -0.570. The Balaban J connectivity index is 3.19. The second-order valence-corrected chi connectivity index (χ2v) is 4.20. The summed E-state index contributed by atoms with van der Waals surface area (Å²) >= 11 is 6.14. The predicted octanol–water partition coefficient (Wildman–Crippen LogP) is 3.28. The van der Waals surface area contributed by atoms with Gasteiger partial charge >= 0.3 is 0 Å². The van der Waals surface area contributed by atoms with Gasteiger partial charge in [-0.2, -0.15) is 5.10 Å². The van der Waals surface area contributed by atoms with Crippen LogP contribution in [0.15, 0.2) is 0 Å². The van der Waals surface area contributed by atoms with Gasteiger partial charge in [-0.25, -0.2) is 4.39 Å². The van der Waals surface area contributed by atoms with Crippen LogP contribution in [0.1, 0.15) is 43.1 Å². The molecule has 86 valence electrons. The van der Waals surface area contributed by atoms with Crippen molar-refractivity contribution in [3.05, 3.63) is 17.0 Å². The third-order valence-electron chi connectivity index (χ3n) is 2.54. The van der Waals surface area contributed by atoms with E-state index in [4.69, 9.17) is 11.6 Å².